The molecular weight excluding hydrogens is 423 g/mol. The van der Waals surface area contributed by atoms with Crippen LogP contribution in [0.4, 0.5) is 0 Å². The highest BCUT2D eigenvalue weighted by Crippen LogP contribution is 2.29. The number of thioether (sulfide) groups is 1. The van der Waals surface area contributed by atoms with E-state index in [1.165, 1.54) is 16.7 Å². The molecule has 2 aromatic carbocycles. The summed E-state index contributed by atoms with van der Waals surface area (Å²) in [6.45, 7) is 5.16. The summed E-state index contributed by atoms with van der Waals surface area (Å²) in [5.41, 5.74) is 4.97. The Labute approximate surface area is 186 Å². The van der Waals surface area contributed by atoms with Gasteiger partial charge < -0.3 is 4.57 Å². The van der Waals surface area contributed by atoms with Gasteiger partial charge in [0.05, 0.1) is 10.0 Å². The maximum atomic E-state index is 6.19. The maximum absolute atomic E-state index is 6.19. The van der Waals surface area contributed by atoms with Gasteiger partial charge in [-0.05, 0) is 49.6 Å². The van der Waals surface area contributed by atoms with Crippen LogP contribution in [0.15, 0.2) is 41.6 Å². The van der Waals surface area contributed by atoms with Crippen LogP contribution < -0.4 is 0 Å². The van der Waals surface area contributed by atoms with E-state index in [1.54, 1.807) is 11.8 Å². The third kappa shape index (κ3) is 4.80. The van der Waals surface area contributed by atoms with Gasteiger partial charge in [-0.1, -0.05) is 64.8 Å². The van der Waals surface area contributed by atoms with Gasteiger partial charge in [-0.15, -0.1) is 10.2 Å². The third-order valence-corrected chi connectivity index (χ3v) is 7.16. The van der Waals surface area contributed by atoms with Crippen LogP contribution in [0.5, 0.6) is 0 Å². The van der Waals surface area contributed by atoms with Gasteiger partial charge in [0.25, 0.3) is 0 Å². The summed E-state index contributed by atoms with van der Waals surface area (Å²) in [5.74, 6) is 1.93. The summed E-state index contributed by atoms with van der Waals surface area (Å²) in [4.78, 5) is 2.49. The van der Waals surface area contributed by atoms with E-state index in [0.29, 0.717) is 10.0 Å². The predicted octanol–water partition coefficient (Wildman–Crippen LogP) is 5.64. The predicted molar refractivity (Wildman–Crippen MR) is 122 cm³/mol. The van der Waals surface area contributed by atoms with E-state index in [9.17, 15) is 0 Å². The molecule has 0 saturated carbocycles. The number of rotatable bonds is 6. The molecule has 0 fully saturated rings. The van der Waals surface area contributed by atoms with E-state index in [4.69, 9.17) is 23.2 Å². The van der Waals surface area contributed by atoms with Crippen LogP contribution >= 0.6 is 35.0 Å². The number of aromatic nitrogens is 3. The molecule has 4 nitrogen and oxygen atoms in total. The zero-order valence-corrected chi connectivity index (χ0v) is 19.0. The van der Waals surface area contributed by atoms with Gasteiger partial charge in [0, 0.05) is 31.5 Å². The van der Waals surface area contributed by atoms with Crippen molar-refractivity contribution >= 4 is 35.0 Å². The van der Waals surface area contributed by atoms with Crippen molar-refractivity contribution in [1.82, 2.24) is 19.7 Å². The minimum Gasteiger partial charge on any atom is -0.305 e. The Morgan fingerprint density at radius 3 is 2.52 bits per heavy atom. The second kappa shape index (κ2) is 9.09. The van der Waals surface area contributed by atoms with Crippen molar-refractivity contribution in [3.05, 3.63) is 63.1 Å². The Morgan fingerprint density at radius 1 is 1.03 bits per heavy atom. The third-order valence-electron chi connectivity index (χ3n) is 5.33. The molecule has 1 aliphatic heterocycles. The largest absolute Gasteiger partial charge is 0.305 e. The number of nitrogens with zero attached hydrogens (tertiary/aromatic N) is 4. The first-order chi connectivity index (χ1) is 14.0. The van der Waals surface area contributed by atoms with Crippen molar-refractivity contribution in [1.29, 1.82) is 0 Å². The molecule has 0 spiro atoms. The van der Waals surface area contributed by atoms with Crippen molar-refractivity contribution in [2.75, 3.05) is 18.8 Å². The topological polar surface area (TPSA) is 34.0 Å². The lowest BCUT2D eigenvalue weighted by atomic mass is 10.00. The van der Waals surface area contributed by atoms with Crippen LogP contribution in [0.2, 0.25) is 10.0 Å². The smallest absolute Gasteiger partial charge is 0.191 e. The van der Waals surface area contributed by atoms with Gasteiger partial charge in [-0.2, -0.15) is 0 Å². The van der Waals surface area contributed by atoms with Gasteiger partial charge in [-0.25, -0.2) is 0 Å². The van der Waals surface area contributed by atoms with Crippen LogP contribution in [0.1, 0.15) is 23.1 Å². The van der Waals surface area contributed by atoms with Crippen LogP contribution in [0, 0.1) is 6.92 Å². The minimum absolute atomic E-state index is 0.648. The van der Waals surface area contributed by atoms with Crippen LogP contribution in [0.3, 0.4) is 0 Å². The van der Waals surface area contributed by atoms with Gasteiger partial charge in [0.15, 0.2) is 11.0 Å². The molecule has 0 bridgehead atoms. The lowest BCUT2D eigenvalue weighted by molar-refractivity contribution is 0.255. The molecule has 0 aliphatic carbocycles. The van der Waals surface area contributed by atoms with E-state index in [1.807, 2.05) is 19.2 Å². The van der Waals surface area contributed by atoms with Crippen LogP contribution in [-0.4, -0.2) is 38.5 Å². The minimum atomic E-state index is 0.648. The van der Waals surface area contributed by atoms with E-state index < -0.39 is 0 Å². The van der Waals surface area contributed by atoms with E-state index in [2.05, 4.69) is 50.9 Å². The molecule has 1 aliphatic rings. The Balaban J connectivity index is 1.29. The Bertz CT molecular complexity index is 1000. The average molecular weight is 447 g/mol. The molecule has 29 heavy (non-hydrogen) atoms. The summed E-state index contributed by atoms with van der Waals surface area (Å²) in [6.07, 6.45) is 2.14. The summed E-state index contributed by atoms with van der Waals surface area (Å²) in [6, 6.07) is 12.4. The summed E-state index contributed by atoms with van der Waals surface area (Å²) >= 11 is 14.1. The second-order valence-electron chi connectivity index (χ2n) is 7.49. The zero-order chi connectivity index (χ0) is 20.4. The average Bonchev–Trinajstić information content (AvgIpc) is 3.07. The van der Waals surface area contributed by atoms with Gasteiger partial charge in [-0.3, -0.25) is 4.90 Å². The van der Waals surface area contributed by atoms with Gasteiger partial charge in [0.2, 0.25) is 0 Å². The first kappa shape index (κ1) is 20.7. The maximum Gasteiger partial charge on any atom is 0.191 e. The summed E-state index contributed by atoms with van der Waals surface area (Å²) in [7, 11) is 2.04. The second-order valence-corrected chi connectivity index (χ2v) is 9.37. The molecule has 0 saturated heterocycles. The molecule has 2 heterocycles. The van der Waals surface area contributed by atoms with Crippen LogP contribution in [-0.2, 0) is 20.0 Å². The molecule has 0 radical (unpaired) electrons. The molecule has 7 heteroatoms. The Kier molecular flexibility index (Phi) is 6.50. The Morgan fingerprint density at radius 2 is 1.76 bits per heavy atom. The fraction of sp³-hybridized carbons (Fsp3) is 0.364. The lowest BCUT2D eigenvalue weighted by Crippen LogP contribution is -2.31. The fourth-order valence-electron chi connectivity index (χ4n) is 3.64. The number of fused-ring (bicyclic) bond motifs is 1. The van der Waals surface area contributed by atoms with E-state index in [-0.39, 0.29) is 0 Å². The first-order valence-corrected chi connectivity index (χ1v) is 11.5. The molecular formula is C22H24Cl2N4S. The van der Waals surface area contributed by atoms with Gasteiger partial charge in [0.1, 0.15) is 0 Å². The SMILES string of the molecule is Cc1ccc(-c2nnc(SCCCN3CCc4cc(Cl)c(Cl)cc4C3)n2C)cc1. The summed E-state index contributed by atoms with van der Waals surface area (Å²) < 4.78 is 2.08. The fourth-order valence-corrected chi connectivity index (χ4v) is 4.85. The van der Waals surface area contributed by atoms with E-state index >= 15 is 0 Å². The molecule has 0 N–H and O–H groups in total. The van der Waals surface area contributed by atoms with Crippen molar-refractivity contribution < 1.29 is 0 Å². The number of benzene rings is 2. The standard InChI is InChI=1S/C22H24Cl2N4S/c1-15-4-6-16(7-5-15)21-25-26-22(27(21)2)29-11-3-9-28-10-8-17-12-19(23)20(24)13-18(17)14-28/h4-7,12-13H,3,8-11,14H2,1-2H3. The van der Waals surface area contributed by atoms with Crippen LogP contribution in [0.25, 0.3) is 11.4 Å². The molecule has 3 aromatic rings. The molecule has 0 amide bonds. The zero-order valence-electron chi connectivity index (χ0n) is 16.7. The lowest BCUT2D eigenvalue weighted by Gasteiger charge is -2.29. The highest BCUT2D eigenvalue weighted by atomic mass is 35.5. The number of hydrogen-bond donors (Lipinski definition) is 0. The first-order valence-electron chi connectivity index (χ1n) is 9.79. The molecule has 0 atom stereocenters. The quantitative estimate of drug-likeness (QED) is 0.362. The molecule has 0 unspecified atom stereocenters. The monoisotopic (exact) mass is 446 g/mol. The van der Waals surface area contributed by atoms with Crippen molar-refractivity contribution in [2.45, 2.75) is 31.5 Å². The van der Waals surface area contributed by atoms with E-state index in [0.717, 1.165) is 54.8 Å². The normalized spacial score (nSPS) is 14.2. The highest BCUT2D eigenvalue weighted by Gasteiger charge is 2.18. The molecule has 1 aromatic heterocycles. The molecule has 4 rings (SSSR count). The van der Waals surface area contributed by atoms with Crippen molar-refractivity contribution in [3.63, 3.8) is 0 Å². The van der Waals surface area contributed by atoms with Gasteiger partial charge >= 0.3 is 0 Å². The molecule has 152 valence electrons. The van der Waals surface area contributed by atoms with Crippen molar-refractivity contribution in [3.8, 4) is 11.4 Å². The Hall–Kier alpha value is -1.53. The number of halogens is 2. The number of aryl methyl sites for hydroxylation is 1. The summed E-state index contributed by atoms with van der Waals surface area (Å²) in [5, 5.41) is 11.0. The number of hydrogen-bond acceptors (Lipinski definition) is 4. The van der Waals surface area contributed by atoms with Crippen molar-refractivity contribution in [2.24, 2.45) is 7.05 Å². The highest BCUT2D eigenvalue weighted by molar-refractivity contribution is 7.99.